The standard InChI is InChI=1S/C17H17N3O2/c1-13(17(21)18-11-16-8-5-9-22-16)20-12-15(10-19-20)14-6-3-2-4-7-14/h2-10,12-13H,11H2,1H3,(H,18,21). The number of aromatic nitrogens is 2. The fraction of sp³-hybridized carbons (Fsp3) is 0.176. The van der Waals surface area contributed by atoms with Gasteiger partial charge in [0.25, 0.3) is 0 Å². The Morgan fingerprint density at radius 3 is 2.77 bits per heavy atom. The van der Waals surface area contributed by atoms with Crippen LogP contribution >= 0.6 is 0 Å². The highest BCUT2D eigenvalue weighted by Crippen LogP contribution is 2.19. The normalized spacial score (nSPS) is 12.0. The van der Waals surface area contributed by atoms with Crippen LogP contribution in [0.25, 0.3) is 11.1 Å². The summed E-state index contributed by atoms with van der Waals surface area (Å²) < 4.78 is 6.86. The van der Waals surface area contributed by atoms with E-state index in [4.69, 9.17) is 4.42 Å². The number of nitrogens with one attached hydrogen (secondary N) is 1. The van der Waals surface area contributed by atoms with E-state index in [0.717, 1.165) is 16.9 Å². The molecule has 0 saturated heterocycles. The number of rotatable bonds is 5. The predicted octanol–water partition coefficient (Wildman–Crippen LogP) is 3.02. The second-order valence-electron chi connectivity index (χ2n) is 5.05. The molecule has 0 spiro atoms. The molecule has 5 nitrogen and oxygen atoms in total. The van der Waals surface area contributed by atoms with Gasteiger partial charge in [0.05, 0.1) is 19.0 Å². The molecule has 0 aliphatic carbocycles. The molecule has 1 amide bonds. The zero-order valence-electron chi connectivity index (χ0n) is 12.3. The first-order valence-corrected chi connectivity index (χ1v) is 7.14. The molecule has 112 valence electrons. The Morgan fingerprint density at radius 1 is 1.23 bits per heavy atom. The number of benzene rings is 1. The lowest BCUT2D eigenvalue weighted by Crippen LogP contribution is -2.30. The van der Waals surface area contributed by atoms with Crippen LogP contribution in [0.3, 0.4) is 0 Å². The third-order valence-corrected chi connectivity index (χ3v) is 3.50. The van der Waals surface area contributed by atoms with Gasteiger partial charge in [0.1, 0.15) is 11.8 Å². The molecule has 0 radical (unpaired) electrons. The molecule has 0 saturated carbocycles. The average Bonchev–Trinajstić information content (AvgIpc) is 3.24. The third-order valence-electron chi connectivity index (χ3n) is 3.50. The summed E-state index contributed by atoms with van der Waals surface area (Å²) in [5, 5.41) is 7.13. The fourth-order valence-corrected chi connectivity index (χ4v) is 2.18. The van der Waals surface area contributed by atoms with Gasteiger partial charge in [-0.05, 0) is 24.6 Å². The summed E-state index contributed by atoms with van der Waals surface area (Å²) in [4.78, 5) is 12.2. The first kappa shape index (κ1) is 14.1. The summed E-state index contributed by atoms with van der Waals surface area (Å²) in [5.74, 6) is 0.630. The van der Waals surface area contributed by atoms with Gasteiger partial charge < -0.3 is 9.73 Å². The number of hydrogen-bond donors (Lipinski definition) is 1. The molecule has 0 aliphatic heterocycles. The summed E-state index contributed by atoms with van der Waals surface area (Å²) in [6.45, 7) is 2.20. The van der Waals surface area contributed by atoms with Crippen LogP contribution in [0.2, 0.25) is 0 Å². The largest absolute Gasteiger partial charge is 0.467 e. The summed E-state index contributed by atoms with van der Waals surface area (Å²) in [6, 6.07) is 13.2. The molecule has 2 heterocycles. The molecule has 22 heavy (non-hydrogen) atoms. The van der Waals surface area contributed by atoms with E-state index < -0.39 is 0 Å². The van der Waals surface area contributed by atoms with Gasteiger partial charge in [0.2, 0.25) is 5.91 Å². The molecule has 2 aromatic heterocycles. The second kappa shape index (κ2) is 6.30. The zero-order valence-corrected chi connectivity index (χ0v) is 12.3. The van der Waals surface area contributed by atoms with Crippen LogP contribution in [-0.2, 0) is 11.3 Å². The van der Waals surface area contributed by atoms with Crippen molar-refractivity contribution in [3.05, 3.63) is 66.9 Å². The van der Waals surface area contributed by atoms with Crippen molar-refractivity contribution in [1.29, 1.82) is 0 Å². The lowest BCUT2D eigenvalue weighted by Gasteiger charge is -2.11. The molecule has 1 atom stereocenters. The number of furan rings is 1. The van der Waals surface area contributed by atoms with E-state index in [0.29, 0.717) is 6.54 Å². The van der Waals surface area contributed by atoms with Crippen molar-refractivity contribution in [3.63, 3.8) is 0 Å². The summed E-state index contributed by atoms with van der Waals surface area (Å²) in [5.41, 5.74) is 2.07. The minimum absolute atomic E-state index is 0.0980. The van der Waals surface area contributed by atoms with Crippen LogP contribution in [-0.4, -0.2) is 15.7 Å². The smallest absolute Gasteiger partial charge is 0.244 e. The average molecular weight is 295 g/mol. The van der Waals surface area contributed by atoms with E-state index in [1.54, 1.807) is 23.2 Å². The molecular weight excluding hydrogens is 278 g/mol. The first-order chi connectivity index (χ1) is 10.7. The molecule has 1 aromatic carbocycles. The van der Waals surface area contributed by atoms with E-state index in [9.17, 15) is 4.79 Å². The second-order valence-corrected chi connectivity index (χ2v) is 5.05. The molecule has 3 aromatic rings. The van der Waals surface area contributed by atoms with E-state index in [1.807, 2.05) is 49.5 Å². The highest BCUT2D eigenvalue weighted by Gasteiger charge is 2.16. The molecular formula is C17H17N3O2. The van der Waals surface area contributed by atoms with Crippen molar-refractivity contribution in [3.8, 4) is 11.1 Å². The molecule has 3 rings (SSSR count). The topological polar surface area (TPSA) is 60.1 Å². The van der Waals surface area contributed by atoms with Crippen LogP contribution in [0.4, 0.5) is 0 Å². The molecule has 0 fully saturated rings. The Morgan fingerprint density at radius 2 is 2.05 bits per heavy atom. The van der Waals surface area contributed by atoms with Gasteiger partial charge in [-0.25, -0.2) is 0 Å². The van der Waals surface area contributed by atoms with Crippen molar-refractivity contribution in [2.75, 3.05) is 0 Å². The summed E-state index contributed by atoms with van der Waals surface area (Å²) in [6.07, 6.45) is 5.24. The van der Waals surface area contributed by atoms with Crippen LogP contribution in [0.5, 0.6) is 0 Å². The van der Waals surface area contributed by atoms with Crippen molar-refractivity contribution < 1.29 is 9.21 Å². The number of amides is 1. The van der Waals surface area contributed by atoms with Gasteiger partial charge in [-0.1, -0.05) is 30.3 Å². The van der Waals surface area contributed by atoms with Crippen LogP contribution in [0.15, 0.2) is 65.5 Å². The SMILES string of the molecule is CC(C(=O)NCc1ccco1)n1cc(-c2ccccc2)cn1. The third kappa shape index (κ3) is 3.09. The minimum atomic E-state index is -0.382. The number of hydrogen-bond acceptors (Lipinski definition) is 3. The van der Waals surface area contributed by atoms with Crippen molar-refractivity contribution in [1.82, 2.24) is 15.1 Å². The number of carbonyl (C=O) groups excluding carboxylic acids is 1. The highest BCUT2D eigenvalue weighted by molar-refractivity contribution is 5.79. The maximum atomic E-state index is 12.2. The lowest BCUT2D eigenvalue weighted by atomic mass is 10.1. The Kier molecular flexibility index (Phi) is 4.05. The van der Waals surface area contributed by atoms with Crippen molar-refractivity contribution in [2.45, 2.75) is 19.5 Å². The van der Waals surface area contributed by atoms with E-state index in [2.05, 4.69) is 10.4 Å². The molecule has 0 bridgehead atoms. The Balaban J connectivity index is 1.66. The van der Waals surface area contributed by atoms with Crippen molar-refractivity contribution >= 4 is 5.91 Å². The summed E-state index contributed by atoms with van der Waals surface area (Å²) >= 11 is 0. The van der Waals surface area contributed by atoms with Crippen LogP contribution in [0, 0.1) is 0 Å². The zero-order chi connectivity index (χ0) is 15.4. The van der Waals surface area contributed by atoms with Gasteiger partial charge in [-0.15, -0.1) is 0 Å². The quantitative estimate of drug-likeness (QED) is 0.787. The monoisotopic (exact) mass is 295 g/mol. The predicted molar refractivity (Wildman–Crippen MR) is 82.9 cm³/mol. The molecule has 0 aliphatic rings. The Bertz CT molecular complexity index is 732. The van der Waals surface area contributed by atoms with Gasteiger partial charge in [-0.2, -0.15) is 5.10 Å². The molecule has 5 heteroatoms. The van der Waals surface area contributed by atoms with E-state index in [-0.39, 0.29) is 11.9 Å². The summed E-state index contributed by atoms with van der Waals surface area (Å²) in [7, 11) is 0. The van der Waals surface area contributed by atoms with Gasteiger partial charge in [-0.3, -0.25) is 9.48 Å². The van der Waals surface area contributed by atoms with Crippen molar-refractivity contribution in [2.24, 2.45) is 0 Å². The van der Waals surface area contributed by atoms with Gasteiger partial charge in [0.15, 0.2) is 0 Å². The molecule has 1 unspecified atom stereocenters. The lowest BCUT2D eigenvalue weighted by molar-refractivity contribution is -0.124. The maximum absolute atomic E-state index is 12.2. The minimum Gasteiger partial charge on any atom is -0.467 e. The van der Waals surface area contributed by atoms with Crippen LogP contribution < -0.4 is 5.32 Å². The highest BCUT2D eigenvalue weighted by atomic mass is 16.3. The Labute approximate surface area is 128 Å². The van der Waals surface area contributed by atoms with Crippen LogP contribution in [0.1, 0.15) is 18.7 Å². The van der Waals surface area contributed by atoms with Gasteiger partial charge in [0, 0.05) is 11.8 Å². The fourth-order valence-electron chi connectivity index (χ4n) is 2.18. The number of carbonyl (C=O) groups is 1. The van der Waals surface area contributed by atoms with Gasteiger partial charge >= 0.3 is 0 Å². The molecule has 1 N–H and O–H groups in total. The maximum Gasteiger partial charge on any atom is 0.244 e. The van der Waals surface area contributed by atoms with E-state index in [1.165, 1.54) is 0 Å². The Hall–Kier alpha value is -2.82. The first-order valence-electron chi connectivity index (χ1n) is 7.14. The van der Waals surface area contributed by atoms with E-state index >= 15 is 0 Å². The number of nitrogens with zero attached hydrogens (tertiary/aromatic N) is 2.